The number of aromatic nitrogens is 7. The Kier molecular flexibility index (Phi) is 4.99. The molecule has 1 amide bonds. The molecule has 7 rings (SSSR count). The molecule has 0 bridgehead atoms. The van der Waals surface area contributed by atoms with Crippen LogP contribution in [0.25, 0.3) is 55.8 Å². The number of imidazole rings is 1. The van der Waals surface area contributed by atoms with E-state index in [1.807, 2.05) is 36.4 Å². The molecule has 1 aromatic carbocycles. The van der Waals surface area contributed by atoms with Gasteiger partial charge in [0.05, 0.1) is 22.9 Å². The molecule has 0 unspecified atom stereocenters. The molecule has 1 aliphatic carbocycles. The molecule has 0 atom stereocenters. The minimum absolute atomic E-state index is 0.0717. The third kappa shape index (κ3) is 3.81. The van der Waals surface area contributed by atoms with Crippen molar-refractivity contribution >= 4 is 33.7 Å². The monoisotopic (exact) mass is 486 g/mol. The number of fused-ring (bicyclic) bond motifs is 2. The van der Waals surface area contributed by atoms with Gasteiger partial charge in [0.1, 0.15) is 5.69 Å². The Morgan fingerprint density at radius 3 is 2.65 bits per heavy atom. The van der Waals surface area contributed by atoms with Gasteiger partial charge in [-0.2, -0.15) is 5.10 Å². The molecule has 0 radical (unpaired) electrons. The first-order valence-corrected chi connectivity index (χ1v) is 12.2. The van der Waals surface area contributed by atoms with E-state index in [9.17, 15) is 4.79 Å². The Labute approximate surface area is 211 Å². The van der Waals surface area contributed by atoms with E-state index in [1.165, 1.54) is 0 Å². The van der Waals surface area contributed by atoms with Gasteiger partial charge >= 0.3 is 0 Å². The molecule has 180 valence electrons. The van der Waals surface area contributed by atoms with E-state index in [4.69, 9.17) is 4.98 Å². The van der Waals surface area contributed by atoms with Crippen LogP contribution in [0.5, 0.6) is 0 Å². The normalized spacial score (nSPS) is 13.6. The number of anilines is 1. The molecule has 37 heavy (non-hydrogen) atoms. The number of aromatic amines is 2. The summed E-state index contributed by atoms with van der Waals surface area (Å²) in [5.41, 5.74) is 7.67. The summed E-state index contributed by atoms with van der Waals surface area (Å²) >= 11 is 0. The lowest BCUT2D eigenvalue weighted by atomic mass is 9.85. The quantitative estimate of drug-likeness (QED) is 0.301. The van der Waals surface area contributed by atoms with Gasteiger partial charge in [0.25, 0.3) is 0 Å². The van der Waals surface area contributed by atoms with Crippen molar-refractivity contribution in [3.05, 3.63) is 73.4 Å². The number of nitrogens with one attached hydrogen (secondary N) is 3. The van der Waals surface area contributed by atoms with Crippen molar-refractivity contribution in [1.29, 1.82) is 0 Å². The first kappa shape index (κ1) is 21.4. The zero-order chi connectivity index (χ0) is 24.8. The number of carbonyl (C=O) groups excluding carboxylic acids is 1. The molecule has 9 heteroatoms. The van der Waals surface area contributed by atoms with Crippen LogP contribution in [0.15, 0.2) is 73.4 Å². The molecule has 5 heterocycles. The third-order valence-corrected chi connectivity index (χ3v) is 6.99. The van der Waals surface area contributed by atoms with E-state index < -0.39 is 0 Å². The van der Waals surface area contributed by atoms with E-state index in [0.717, 1.165) is 57.9 Å². The molecule has 1 fully saturated rings. The van der Waals surface area contributed by atoms with Crippen LogP contribution in [0, 0.1) is 5.92 Å². The summed E-state index contributed by atoms with van der Waals surface area (Å²) in [6.07, 6.45) is 11.8. The fourth-order valence-corrected chi connectivity index (χ4v) is 4.75. The van der Waals surface area contributed by atoms with Crippen LogP contribution in [0.1, 0.15) is 19.3 Å². The lowest BCUT2D eigenvalue weighted by Gasteiger charge is -2.24. The topological polar surface area (TPSA) is 125 Å². The summed E-state index contributed by atoms with van der Waals surface area (Å²) in [4.78, 5) is 33.5. The molecular formula is C28H22N8O. The second-order valence-electron chi connectivity index (χ2n) is 9.29. The molecule has 0 saturated heterocycles. The van der Waals surface area contributed by atoms with E-state index in [1.54, 1.807) is 31.0 Å². The number of amides is 1. The van der Waals surface area contributed by atoms with Crippen molar-refractivity contribution in [2.24, 2.45) is 5.92 Å². The summed E-state index contributed by atoms with van der Waals surface area (Å²) in [7, 11) is 0. The van der Waals surface area contributed by atoms with Gasteiger partial charge in [0.15, 0.2) is 11.5 Å². The summed E-state index contributed by atoms with van der Waals surface area (Å²) in [6.45, 7) is 0. The SMILES string of the molecule is O=C(Nc1cncc(-c2ccc3[nH]nc(-c4nc5nccc(-c6ccncc6)c5[nH]4)c3c2)c1)C1CCC1. The van der Waals surface area contributed by atoms with Gasteiger partial charge in [0, 0.05) is 47.2 Å². The second kappa shape index (κ2) is 8.63. The fourth-order valence-electron chi connectivity index (χ4n) is 4.75. The van der Waals surface area contributed by atoms with Crippen molar-refractivity contribution in [2.75, 3.05) is 5.32 Å². The predicted octanol–water partition coefficient (Wildman–Crippen LogP) is 5.36. The lowest BCUT2D eigenvalue weighted by Crippen LogP contribution is -2.28. The highest BCUT2D eigenvalue weighted by Crippen LogP contribution is 2.33. The Morgan fingerprint density at radius 1 is 0.919 bits per heavy atom. The van der Waals surface area contributed by atoms with Gasteiger partial charge in [-0.05, 0) is 60.4 Å². The highest BCUT2D eigenvalue weighted by molar-refractivity contribution is 5.98. The first-order valence-electron chi connectivity index (χ1n) is 12.2. The van der Waals surface area contributed by atoms with Crippen LogP contribution in [-0.4, -0.2) is 41.0 Å². The van der Waals surface area contributed by atoms with Gasteiger partial charge < -0.3 is 10.3 Å². The average Bonchev–Trinajstić information content (AvgIpc) is 3.52. The molecule has 1 aliphatic rings. The summed E-state index contributed by atoms with van der Waals surface area (Å²) in [6, 6.07) is 13.9. The number of rotatable bonds is 5. The summed E-state index contributed by atoms with van der Waals surface area (Å²) < 4.78 is 0. The van der Waals surface area contributed by atoms with E-state index in [-0.39, 0.29) is 11.8 Å². The van der Waals surface area contributed by atoms with E-state index >= 15 is 0 Å². The Balaban J connectivity index is 1.26. The molecule has 0 spiro atoms. The number of benzene rings is 1. The maximum absolute atomic E-state index is 12.4. The number of hydrogen-bond acceptors (Lipinski definition) is 6. The van der Waals surface area contributed by atoms with Gasteiger partial charge in [-0.3, -0.25) is 19.9 Å². The van der Waals surface area contributed by atoms with Crippen molar-refractivity contribution < 1.29 is 4.79 Å². The van der Waals surface area contributed by atoms with Crippen LogP contribution in [0.4, 0.5) is 5.69 Å². The van der Waals surface area contributed by atoms with E-state index in [2.05, 4.69) is 41.5 Å². The number of carbonyl (C=O) groups is 1. The van der Waals surface area contributed by atoms with Crippen molar-refractivity contribution in [2.45, 2.75) is 19.3 Å². The molecule has 6 aromatic rings. The smallest absolute Gasteiger partial charge is 0.227 e. The first-order chi connectivity index (χ1) is 18.2. The Bertz CT molecular complexity index is 1770. The largest absolute Gasteiger partial charge is 0.335 e. The van der Waals surface area contributed by atoms with Gasteiger partial charge in [-0.1, -0.05) is 12.5 Å². The van der Waals surface area contributed by atoms with E-state index in [0.29, 0.717) is 22.9 Å². The number of hydrogen-bond donors (Lipinski definition) is 3. The fraction of sp³-hybridized carbons (Fsp3) is 0.143. The summed E-state index contributed by atoms with van der Waals surface area (Å²) in [5.74, 6) is 0.820. The Hall–Kier alpha value is -4.92. The minimum Gasteiger partial charge on any atom is -0.335 e. The van der Waals surface area contributed by atoms with Crippen molar-refractivity contribution in [1.82, 2.24) is 35.1 Å². The number of nitrogens with zero attached hydrogens (tertiary/aromatic N) is 5. The molecular weight excluding hydrogens is 464 g/mol. The zero-order valence-corrected chi connectivity index (χ0v) is 19.8. The lowest BCUT2D eigenvalue weighted by molar-refractivity contribution is -0.122. The third-order valence-electron chi connectivity index (χ3n) is 6.99. The zero-order valence-electron chi connectivity index (χ0n) is 19.8. The van der Waals surface area contributed by atoms with Gasteiger partial charge in [-0.15, -0.1) is 0 Å². The van der Waals surface area contributed by atoms with Gasteiger partial charge in [0.2, 0.25) is 5.91 Å². The van der Waals surface area contributed by atoms with Crippen LogP contribution >= 0.6 is 0 Å². The predicted molar refractivity (Wildman–Crippen MR) is 141 cm³/mol. The average molecular weight is 487 g/mol. The van der Waals surface area contributed by atoms with Crippen LogP contribution in [-0.2, 0) is 4.79 Å². The number of pyridine rings is 3. The molecule has 0 aliphatic heterocycles. The Morgan fingerprint density at radius 2 is 1.81 bits per heavy atom. The van der Waals surface area contributed by atoms with Crippen molar-refractivity contribution in [3.8, 4) is 33.8 Å². The molecule has 1 saturated carbocycles. The number of H-pyrrole nitrogens is 2. The molecule has 5 aromatic heterocycles. The highest BCUT2D eigenvalue weighted by atomic mass is 16.1. The van der Waals surface area contributed by atoms with Crippen LogP contribution < -0.4 is 5.32 Å². The standard InChI is InChI=1S/C28H22N8O/c37-28(17-2-1-3-17)32-20-12-19(14-30-15-20)18-4-5-23-22(13-18)25(36-35-23)27-33-24-21(8-11-31-26(24)34-27)16-6-9-29-10-7-16/h4-15,17H,1-3H2,(H,32,37)(H,35,36)(H,31,33,34). The molecule has 3 N–H and O–H groups in total. The van der Waals surface area contributed by atoms with Crippen LogP contribution in [0.3, 0.4) is 0 Å². The molecule has 9 nitrogen and oxygen atoms in total. The maximum atomic E-state index is 12.4. The van der Waals surface area contributed by atoms with Gasteiger partial charge in [-0.25, -0.2) is 9.97 Å². The van der Waals surface area contributed by atoms with Crippen molar-refractivity contribution in [3.63, 3.8) is 0 Å². The maximum Gasteiger partial charge on any atom is 0.227 e. The minimum atomic E-state index is 0.0717. The van der Waals surface area contributed by atoms with Crippen LogP contribution in [0.2, 0.25) is 0 Å². The highest BCUT2D eigenvalue weighted by Gasteiger charge is 2.25. The second-order valence-corrected chi connectivity index (χ2v) is 9.29. The summed E-state index contributed by atoms with van der Waals surface area (Å²) in [5, 5.41) is 11.6.